The van der Waals surface area contributed by atoms with Gasteiger partial charge in [0.15, 0.2) is 0 Å². The van der Waals surface area contributed by atoms with Crippen molar-refractivity contribution in [1.29, 1.82) is 0 Å². The second-order valence-corrected chi connectivity index (χ2v) is 4.37. The molecule has 1 unspecified atom stereocenters. The van der Waals surface area contributed by atoms with E-state index < -0.39 is 0 Å². The van der Waals surface area contributed by atoms with Gasteiger partial charge in [0, 0.05) is 18.3 Å². The maximum Gasteiger partial charge on any atom is 0.0954 e. The summed E-state index contributed by atoms with van der Waals surface area (Å²) in [7, 11) is 2.02. The highest BCUT2D eigenvalue weighted by Crippen LogP contribution is 2.23. The van der Waals surface area contributed by atoms with Gasteiger partial charge in [0.25, 0.3) is 0 Å². The zero-order chi connectivity index (χ0) is 10.7. The molecule has 84 valence electrons. The van der Waals surface area contributed by atoms with E-state index in [0.717, 1.165) is 6.54 Å². The van der Waals surface area contributed by atoms with Gasteiger partial charge in [0.05, 0.1) is 12.0 Å². The molecule has 3 heteroatoms. The molecule has 15 heavy (non-hydrogen) atoms. The van der Waals surface area contributed by atoms with E-state index in [4.69, 9.17) is 0 Å². The maximum atomic E-state index is 4.54. The van der Waals surface area contributed by atoms with E-state index in [1.807, 2.05) is 13.4 Å². The molecule has 1 N–H and O–H groups in total. The van der Waals surface area contributed by atoms with Gasteiger partial charge in [0.2, 0.25) is 0 Å². The van der Waals surface area contributed by atoms with Crippen LogP contribution in [0.5, 0.6) is 0 Å². The second-order valence-electron chi connectivity index (χ2n) is 4.37. The SMILES string of the molecule is CCC(CNC)n1cnc2c1CCCC2. The summed E-state index contributed by atoms with van der Waals surface area (Å²) in [5, 5.41) is 3.27. The molecule has 1 aliphatic carbocycles. The number of aryl methyl sites for hydroxylation is 1. The molecule has 0 aromatic carbocycles. The minimum absolute atomic E-state index is 0.573. The zero-order valence-electron chi connectivity index (χ0n) is 9.79. The quantitative estimate of drug-likeness (QED) is 0.817. The van der Waals surface area contributed by atoms with E-state index >= 15 is 0 Å². The van der Waals surface area contributed by atoms with Gasteiger partial charge >= 0.3 is 0 Å². The van der Waals surface area contributed by atoms with Crippen LogP contribution in [0.25, 0.3) is 0 Å². The minimum Gasteiger partial charge on any atom is -0.330 e. The average molecular weight is 207 g/mol. The topological polar surface area (TPSA) is 29.9 Å². The largest absolute Gasteiger partial charge is 0.330 e. The summed E-state index contributed by atoms with van der Waals surface area (Å²) < 4.78 is 2.39. The molecule has 0 fully saturated rings. The Morgan fingerprint density at radius 2 is 2.27 bits per heavy atom. The summed E-state index contributed by atoms with van der Waals surface area (Å²) in [6.07, 6.45) is 8.25. The highest BCUT2D eigenvalue weighted by molar-refractivity contribution is 5.17. The fourth-order valence-electron chi connectivity index (χ4n) is 2.48. The van der Waals surface area contributed by atoms with Gasteiger partial charge in [0.1, 0.15) is 0 Å². The fourth-order valence-corrected chi connectivity index (χ4v) is 2.48. The minimum atomic E-state index is 0.573. The van der Waals surface area contributed by atoms with Crippen LogP contribution < -0.4 is 5.32 Å². The van der Waals surface area contributed by atoms with Crippen LogP contribution in [-0.4, -0.2) is 23.1 Å². The number of nitrogens with zero attached hydrogens (tertiary/aromatic N) is 2. The number of nitrogens with one attached hydrogen (secondary N) is 1. The van der Waals surface area contributed by atoms with E-state index in [1.165, 1.54) is 43.5 Å². The summed E-state index contributed by atoms with van der Waals surface area (Å²) in [6, 6.07) is 0.573. The summed E-state index contributed by atoms with van der Waals surface area (Å²) in [6.45, 7) is 3.29. The normalized spacial score (nSPS) is 17.5. The fraction of sp³-hybridized carbons (Fsp3) is 0.750. The molecule has 0 amide bonds. The smallest absolute Gasteiger partial charge is 0.0954 e. The Bertz CT molecular complexity index is 317. The first kappa shape index (κ1) is 10.7. The number of likely N-dealkylation sites (N-methyl/N-ethyl adjacent to an activating group) is 1. The molecule has 2 rings (SSSR count). The van der Waals surface area contributed by atoms with E-state index in [-0.39, 0.29) is 0 Å². The first-order valence-corrected chi connectivity index (χ1v) is 6.06. The lowest BCUT2D eigenvalue weighted by Crippen LogP contribution is -2.23. The van der Waals surface area contributed by atoms with E-state index in [0.29, 0.717) is 6.04 Å². The standard InChI is InChI=1S/C12H21N3/c1-3-10(8-13-2)15-9-14-11-6-4-5-7-12(11)15/h9-10,13H,3-8H2,1-2H3. The predicted molar refractivity (Wildman–Crippen MR) is 62.1 cm³/mol. The number of hydrogen-bond donors (Lipinski definition) is 1. The van der Waals surface area contributed by atoms with E-state index in [1.54, 1.807) is 0 Å². The molecular formula is C12H21N3. The Morgan fingerprint density at radius 3 is 3.00 bits per heavy atom. The van der Waals surface area contributed by atoms with E-state index in [9.17, 15) is 0 Å². The van der Waals surface area contributed by atoms with Crippen LogP contribution in [0.1, 0.15) is 43.6 Å². The molecule has 1 heterocycles. The third kappa shape index (κ3) is 2.07. The van der Waals surface area contributed by atoms with Gasteiger partial charge in [-0.05, 0) is 39.2 Å². The van der Waals surface area contributed by atoms with Gasteiger partial charge in [-0.3, -0.25) is 0 Å². The van der Waals surface area contributed by atoms with Crippen LogP contribution in [0.3, 0.4) is 0 Å². The lowest BCUT2D eigenvalue weighted by molar-refractivity contribution is 0.445. The third-order valence-corrected chi connectivity index (χ3v) is 3.36. The first-order chi connectivity index (χ1) is 7.36. The van der Waals surface area contributed by atoms with Gasteiger partial charge < -0.3 is 9.88 Å². The van der Waals surface area contributed by atoms with Crippen LogP contribution in [0.2, 0.25) is 0 Å². The number of fused-ring (bicyclic) bond motifs is 1. The molecule has 0 bridgehead atoms. The van der Waals surface area contributed by atoms with Crippen molar-refractivity contribution < 1.29 is 0 Å². The maximum absolute atomic E-state index is 4.54. The first-order valence-electron chi connectivity index (χ1n) is 6.06. The lowest BCUT2D eigenvalue weighted by atomic mass is 10.0. The summed E-state index contributed by atoms with van der Waals surface area (Å²) >= 11 is 0. The molecule has 1 aromatic rings. The van der Waals surface area contributed by atoms with Crippen molar-refractivity contribution in [2.45, 2.75) is 45.1 Å². The van der Waals surface area contributed by atoms with Crippen LogP contribution in [0.4, 0.5) is 0 Å². The Balaban J connectivity index is 2.22. The molecule has 3 nitrogen and oxygen atoms in total. The number of rotatable bonds is 4. The number of imidazole rings is 1. The van der Waals surface area contributed by atoms with Crippen molar-refractivity contribution in [1.82, 2.24) is 14.9 Å². The van der Waals surface area contributed by atoms with E-state index in [2.05, 4.69) is 21.8 Å². The molecule has 0 saturated heterocycles. The lowest BCUT2D eigenvalue weighted by Gasteiger charge is -2.21. The van der Waals surface area contributed by atoms with Crippen LogP contribution >= 0.6 is 0 Å². The predicted octanol–water partition coefficient (Wildman–Crippen LogP) is 1.93. The molecule has 1 aromatic heterocycles. The van der Waals surface area contributed by atoms with Crippen molar-refractivity contribution in [2.24, 2.45) is 0 Å². The van der Waals surface area contributed by atoms with Crippen molar-refractivity contribution in [3.63, 3.8) is 0 Å². The highest BCUT2D eigenvalue weighted by atomic mass is 15.1. The highest BCUT2D eigenvalue weighted by Gasteiger charge is 2.18. The Hall–Kier alpha value is -0.830. The molecule has 1 aliphatic rings. The average Bonchev–Trinajstić information content (AvgIpc) is 2.70. The molecule has 1 atom stereocenters. The van der Waals surface area contributed by atoms with Crippen LogP contribution in [0, 0.1) is 0 Å². The Morgan fingerprint density at radius 1 is 1.47 bits per heavy atom. The third-order valence-electron chi connectivity index (χ3n) is 3.36. The number of hydrogen-bond acceptors (Lipinski definition) is 2. The number of aromatic nitrogens is 2. The van der Waals surface area contributed by atoms with Crippen molar-refractivity contribution in [3.8, 4) is 0 Å². The van der Waals surface area contributed by atoms with Gasteiger partial charge in [-0.15, -0.1) is 0 Å². The Labute approximate surface area is 91.9 Å². The molecule has 0 radical (unpaired) electrons. The monoisotopic (exact) mass is 207 g/mol. The van der Waals surface area contributed by atoms with Gasteiger partial charge in [-0.25, -0.2) is 4.98 Å². The van der Waals surface area contributed by atoms with Gasteiger partial charge in [-0.2, -0.15) is 0 Å². The molecule has 0 aliphatic heterocycles. The zero-order valence-corrected chi connectivity index (χ0v) is 9.79. The molecular weight excluding hydrogens is 186 g/mol. The van der Waals surface area contributed by atoms with Crippen molar-refractivity contribution in [3.05, 3.63) is 17.7 Å². The summed E-state index contributed by atoms with van der Waals surface area (Å²) in [5.74, 6) is 0. The Kier molecular flexibility index (Phi) is 3.41. The van der Waals surface area contributed by atoms with Crippen LogP contribution in [-0.2, 0) is 12.8 Å². The second kappa shape index (κ2) is 4.79. The van der Waals surface area contributed by atoms with Crippen LogP contribution in [0.15, 0.2) is 6.33 Å². The van der Waals surface area contributed by atoms with Crippen molar-refractivity contribution in [2.75, 3.05) is 13.6 Å². The van der Waals surface area contributed by atoms with Gasteiger partial charge in [-0.1, -0.05) is 6.92 Å². The molecule has 0 saturated carbocycles. The summed E-state index contributed by atoms with van der Waals surface area (Å²) in [4.78, 5) is 4.54. The summed E-state index contributed by atoms with van der Waals surface area (Å²) in [5.41, 5.74) is 2.83. The van der Waals surface area contributed by atoms with Crippen molar-refractivity contribution >= 4 is 0 Å². The molecule has 0 spiro atoms.